The minimum absolute atomic E-state index is 0.198. The first-order valence-corrected chi connectivity index (χ1v) is 13.6. The molecule has 0 saturated carbocycles. The summed E-state index contributed by atoms with van der Waals surface area (Å²) in [5.74, 6) is -2.03. The summed E-state index contributed by atoms with van der Waals surface area (Å²) in [5.41, 5.74) is 2.96. The molecule has 2 heterocycles. The van der Waals surface area contributed by atoms with E-state index in [4.69, 9.17) is 5.11 Å². The molecule has 0 aliphatic rings. The Hall–Kier alpha value is -4.60. The molecule has 216 valence electrons. The fourth-order valence-electron chi connectivity index (χ4n) is 5.48. The van der Waals surface area contributed by atoms with Crippen LogP contribution in [0.1, 0.15) is 38.4 Å². The average Bonchev–Trinajstić information content (AvgIpc) is 3.29. The Morgan fingerprint density at radius 1 is 0.929 bits per heavy atom. The summed E-state index contributed by atoms with van der Waals surface area (Å²) >= 11 is 0. The van der Waals surface area contributed by atoms with Crippen molar-refractivity contribution in [3.05, 3.63) is 107 Å². The lowest BCUT2D eigenvalue weighted by Gasteiger charge is -2.16. The van der Waals surface area contributed by atoms with Gasteiger partial charge in [0, 0.05) is 40.2 Å². The summed E-state index contributed by atoms with van der Waals surface area (Å²) in [7, 11) is 0. The van der Waals surface area contributed by atoms with Crippen molar-refractivity contribution in [1.29, 1.82) is 0 Å². The number of carboxylic acid groups (broad SMARTS) is 1. The quantitative estimate of drug-likeness (QED) is 0.199. The highest BCUT2D eigenvalue weighted by atomic mass is 19.1. The molecule has 0 fully saturated rings. The SMILES string of the molecule is CC(C)n1c(/C=C/[C@H](O)C[C@@H](O)CC(=O)O)c(-c2ccc(F)cc2)c2c3ccccc3n(-c3ccc(F)cc3)c(=O)c21. The molecule has 2 atom stereocenters. The van der Waals surface area contributed by atoms with Gasteiger partial charge in [-0.2, -0.15) is 0 Å². The lowest BCUT2D eigenvalue weighted by Crippen LogP contribution is -2.22. The van der Waals surface area contributed by atoms with Crippen LogP contribution in [0.15, 0.2) is 83.7 Å². The fourth-order valence-corrected chi connectivity index (χ4v) is 5.48. The van der Waals surface area contributed by atoms with Crippen molar-refractivity contribution >= 4 is 33.9 Å². The smallest absolute Gasteiger partial charge is 0.305 e. The topological polar surface area (TPSA) is 105 Å². The number of nitrogens with zero attached hydrogens (tertiary/aromatic N) is 2. The van der Waals surface area contributed by atoms with Gasteiger partial charge in [-0.15, -0.1) is 0 Å². The van der Waals surface area contributed by atoms with E-state index in [9.17, 15) is 28.6 Å². The van der Waals surface area contributed by atoms with Gasteiger partial charge >= 0.3 is 5.97 Å². The van der Waals surface area contributed by atoms with Gasteiger partial charge in [-0.3, -0.25) is 14.2 Å². The third-order valence-electron chi connectivity index (χ3n) is 7.20. The van der Waals surface area contributed by atoms with Gasteiger partial charge in [0.1, 0.15) is 17.2 Å². The molecule has 0 radical (unpaired) electrons. The van der Waals surface area contributed by atoms with E-state index < -0.39 is 36.2 Å². The molecule has 7 nitrogen and oxygen atoms in total. The Labute approximate surface area is 240 Å². The fraction of sp³-hybridized carbons (Fsp3) is 0.212. The van der Waals surface area contributed by atoms with Crippen LogP contribution in [0.5, 0.6) is 0 Å². The number of rotatable bonds is 9. The molecule has 0 aliphatic heterocycles. The van der Waals surface area contributed by atoms with Gasteiger partial charge in [-0.05, 0) is 68.0 Å². The molecule has 0 amide bonds. The first kappa shape index (κ1) is 28.9. The number of aliphatic carboxylic acids is 1. The summed E-state index contributed by atoms with van der Waals surface area (Å²) in [6.07, 6.45) is -0.0311. The maximum Gasteiger partial charge on any atom is 0.305 e. The van der Waals surface area contributed by atoms with Gasteiger partial charge < -0.3 is 19.9 Å². The van der Waals surface area contributed by atoms with Gasteiger partial charge in [-0.1, -0.05) is 36.4 Å². The van der Waals surface area contributed by atoms with E-state index in [1.807, 2.05) is 42.7 Å². The van der Waals surface area contributed by atoms with Crippen LogP contribution in [0.4, 0.5) is 8.78 Å². The zero-order chi connectivity index (χ0) is 30.1. The van der Waals surface area contributed by atoms with Crippen molar-refractivity contribution in [2.75, 3.05) is 0 Å². The molecular formula is C33H30F2N2O5. The molecular weight excluding hydrogens is 542 g/mol. The molecule has 0 bridgehead atoms. The van der Waals surface area contributed by atoms with Crippen LogP contribution in [-0.4, -0.2) is 42.6 Å². The second-order valence-corrected chi connectivity index (χ2v) is 10.5. The number of pyridine rings is 1. The molecule has 2 aromatic heterocycles. The summed E-state index contributed by atoms with van der Waals surface area (Å²) in [4.78, 5) is 25.4. The van der Waals surface area contributed by atoms with Gasteiger partial charge in [0.2, 0.25) is 0 Å². The number of aliphatic hydroxyl groups is 2. The predicted molar refractivity (Wildman–Crippen MR) is 159 cm³/mol. The van der Waals surface area contributed by atoms with Gasteiger partial charge in [0.05, 0.1) is 24.1 Å². The molecule has 42 heavy (non-hydrogen) atoms. The van der Waals surface area contributed by atoms with Crippen molar-refractivity contribution in [2.45, 2.75) is 44.9 Å². The van der Waals surface area contributed by atoms with E-state index in [0.29, 0.717) is 38.9 Å². The number of hydrogen-bond acceptors (Lipinski definition) is 4. The Morgan fingerprint density at radius 3 is 2.17 bits per heavy atom. The standard InChI is InChI=1S/C33H30F2N2O5/c1-19(2)36-28(16-15-24(38)17-25(39)18-29(40)41)30(20-7-9-21(34)10-8-20)31-26-5-3-4-6-27(26)37(33(42)32(31)36)23-13-11-22(35)12-14-23/h3-16,19,24-25,38-39H,17-18H2,1-2H3,(H,40,41)/b16-15+/t24-,25+/m0/s1. The van der Waals surface area contributed by atoms with Gasteiger partial charge in [0.25, 0.3) is 5.56 Å². The second-order valence-electron chi connectivity index (χ2n) is 10.5. The first-order valence-electron chi connectivity index (χ1n) is 13.6. The second kappa shape index (κ2) is 11.7. The first-order chi connectivity index (χ1) is 20.1. The number of aromatic nitrogens is 2. The highest BCUT2D eigenvalue weighted by Crippen LogP contribution is 2.40. The third-order valence-corrected chi connectivity index (χ3v) is 7.20. The normalized spacial score (nSPS) is 13.4. The maximum atomic E-state index is 14.4. The van der Waals surface area contributed by atoms with E-state index in [-0.39, 0.29) is 18.0 Å². The van der Waals surface area contributed by atoms with Crippen molar-refractivity contribution < 1.29 is 28.9 Å². The Morgan fingerprint density at radius 2 is 1.55 bits per heavy atom. The van der Waals surface area contributed by atoms with E-state index in [2.05, 4.69) is 0 Å². The highest BCUT2D eigenvalue weighted by Gasteiger charge is 2.26. The summed E-state index contributed by atoms with van der Waals surface area (Å²) < 4.78 is 31.2. The summed E-state index contributed by atoms with van der Waals surface area (Å²) in [6.45, 7) is 3.82. The van der Waals surface area contributed by atoms with E-state index >= 15 is 0 Å². The third kappa shape index (κ3) is 5.48. The number of aliphatic hydroxyl groups excluding tert-OH is 2. The van der Waals surface area contributed by atoms with Crippen LogP contribution < -0.4 is 5.56 Å². The van der Waals surface area contributed by atoms with Crippen LogP contribution in [0.3, 0.4) is 0 Å². The Balaban J connectivity index is 1.86. The molecule has 0 aliphatic carbocycles. The highest BCUT2D eigenvalue weighted by molar-refractivity contribution is 6.15. The van der Waals surface area contributed by atoms with E-state index in [0.717, 1.165) is 5.39 Å². The number of fused-ring (bicyclic) bond motifs is 3. The van der Waals surface area contributed by atoms with Crippen molar-refractivity contribution in [3.63, 3.8) is 0 Å². The minimum Gasteiger partial charge on any atom is -0.481 e. The average molecular weight is 573 g/mol. The monoisotopic (exact) mass is 572 g/mol. The minimum atomic E-state index is -1.25. The van der Waals surface area contributed by atoms with Gasteiger partial charge in [-0.25, -0.2) is 8.78 Å². The lowest BCUT2D eigenvalue weighted by atomic mass is 9.98. The zero-order valence-electron chi connectivity index (χ0n) is 23.0. The molecule has 5 rings (SSSR count). The number of para-hydroxylation sites is 1. The Kier molecular flexibility index (Phi) is 8.06. The number of halogens is 2. The van der Waals surface area contributed by atoms with Crippen molar-refractivity contribution in [2.24, 2.45) is 0 Å². The number of carbonyl (C=O) groups is 1. The van der Waals surface area contributed by atoms with Crippen LogP contribution >= 0.6 is 0 Å². The number of benzene rings is 3. The van der Waals surface area contributed by atoms with Gasteiger partial charge in [0.15, 0.2) is 0 Å². The number of hydrogen-bond donors (Lipinski definition) is 3. The predicted octanol–water partition coefficient (Wildman–Crippen LogP) is 6.07. The molecule has 0 saturated heterocycles. The lowest BCUT2D eigenvalue weighted by molar-refractivity contribution is -0.139. The van der Waals surface area contributed by atoms with E-state index in [1.54, 1.807) is 18.2 Å². The van der Waals surface area contributed by atoms with E-state index in [1.165, 1.54) is 47.0 Å². The summed E-state index contributed by atoms with van der Waals surface area (Å²) in [5, 5.41) is 31.0. The molecule has 0 unspecified atom stereocenters. The maximum absolute atomic E-state index is 14.4. The number of carboxylic acids is 1. The van der Waals surface area contributed by atoms with Crippen molar-refractivity contribution in [1.82, 2.24) is 9.13 Å². The molecule has 5 aromatic rings. The molecule has 3 N–H and O–H groups in total. The largest absolute Gasteiger partial charge is 0.481 e. The van der Waals surface area contributed by atoms with Crippen LogP contribution in [0, 0.1) is 11.6 Å². The molecule has 0 spiro atoms. The van der Waals surface area contributed by atoms with Crippen LogP contribution in [0.2, 0.25) is 0 Å². The molecule has 3 aromatic carbocycles. The van der Waals surface area contributed by atoms with Crippen molar-refractivity contribution in [3.8, 4) is 16.8 Å². The zero-order valence-corrected chi connectivity index (χ0v) is 23.0. The van der Waals surface area contributed by atoms with Crippen LogP contribution in [0.25, 0.3) is 44.7 Å². The summed E-state index contributed by atoms with van der Waals surface area (Å²) in [6, 6.07) is 18.7. The Bertz CT molecular complexity index is 1860. The van der Waals surface area contributed by atoms with Crippen LogP contribution in [-0.2, 0) is 4.79 Å². The molecule has 9 heteroatoms.